The molecule has 0 atom stereocenters. The van der Waals surface area contributed by atoms with E-state index in [2.05, 4.69) is 41.5 Å². The van der Waals surface area contributed by atoms with Gasteiger partial charge in [-0.25, -0.2) is 0 Å². The van der Waals surface area contributed by atoms with E-state index < -0.39 is 29.0 Å². The molecule has 0 aliphatic heterocycles. The van der Waals surface area contributed by atoms with Crippen molar-refractivity contribution in [3.8, 4) is 0 Å². The second-order valence-electron chi connectivity index (χ2n) is 13.3. The zero-order valence-corrected chi connectivity index (χ0v) is 34.0. The van der Waals surface area contributed by atoms with E-state index in [4.69, 9.17) is 26.8 Å². The molecule has 0 rings (SSSR count). The molecule has 0 heterocycles. The summed E-state index contributed by atoms with van der Waals surface area (Å²) >= 11 is -4.87. The molecule has 0 aliphatic carbocycles. The van der Waals surface area contributed by atoms with E-state index in [1.165, 1.54) is 64.2 Å². The van der Waals surface area contributed by atoms with Gasteiger partial charge in [0.05, 0.1) is 0 Å². The van der Waals surface area contributed by atoms with Gasteiger partial charge in [-0.05, 0) is 6.42 Å². The third-order valence-corrected chi connectivity index (χ3v) is 13.7. The number of aliphatic carboxylic acids is 1. The van der Waals surface area contributed by atoms with Crippen LogP contribution >= 0.6 is 0 Å². The minimum absolute atomic E-state index is 0.145. The van der Waals surface area contributed by atoms with Crippen LogP contribution in [0.25, 0.3) is 0 Å². The van der Waals surface area contributed by atoms with Gasteiger partial charge in [-0.15, -0.1) is 0 Å². The zero-order valence-electron chi connectivity index (χ0n) is 32.5. The van der Waals surface area contributed by atoms with Crippen LogP contribution in [0.5, 0.6) is 0 Å². The van der Waals surface area contributed by atoms with Crippen LogP contribution in [-0.2, 0) is 38.6 Å². The summed E-state index contributed by atoms with van der Waals surface area (Å²) in [6.45, 7) is 15.8. The fourth-order valence-corrected chi connectivity index (χ4v) is 10.0. The minimum atomic E-state index is -4.87. The van der Waals surface area contributed by atoms with Crippen molar-refractivity contribution < 1.29 is 54.0 Å². The Morgan fingerprint density at radius 2 is 0.667 bits per heavy atom. The summed E-state index contributed by atoms with van der Waals surface area (Å²) in [6.07, 6.45) is 26.7. The van der Waals surface area contributed by atoms with E-state index in [1.54, 1.807) is 0 Å². The van der Waals surface area contributed by atoms with Gasteiger partial charge >= 0.3 is 166 Å². The summed E-state index contributed by atoms with van der Waals surface area (Å²) in [5, 5.41) is 28.5. The molecular weight excluding hydrogens is 648 g/mol. The maximum atomic E-state index is 10.4. The Hall–Kier alpha value is -0.0957. The molecule has 0 aromatic carbocycles. The molecule has 0 saturated carbocycles. The van der Waals surface area contributed by atoms with Gasteiger partial charge in [0.1, 0.15) is 5.97 Å². The molecule has 0 fully saturated rings. The SMILES string of the molecule is CCCCCCCCCCCCCCCCC(O)(O)C(=O)[O-].CCCC[O][Ti+]([O]CCCC)([O]CCCC)([O]CCCC)[O]CCCC. The predicted molar refractivity (Wildman–Crippen MR) is 191 cm³/mol. The van der Waals surface area contributed by atoms with Gasteiger partial charge in [0, 0.05) is 6.42 Å². The van der Waals surface area contributed by atoms with Crippen LogP contribution in [0.3, 0.4) is 0 Å². The Bertz CT molecular complexity index is 617. The molecule has 0 aliphatic rings. The van der Waals surface area contributed by atoms with E-state index in [0.717, 1.165) is 83.5 Å². The van der Waals surface area contributed by atoms with E-state index in [9.17, 15) is 9.90 Å². The molecule has 0 radical (unpaired) electrons. The molecule has 9 nitrogen and oxygen atoms in total. The first kappa shape index (κ1) is 50.0. The van der Waals surface area contributed by atoms with Gasteiger partial charge in [-0.3, -0.25) is 0 Å². The third-order valence-electron chi connectivity index (χ3n) is 8.38. The van der Waals surface area contributed by atoms with Crippen molar-refractivity contribution in [3.63, 3.8) is 0 Å². The first-order valence-corrected chi connectivity index (χ1v) is 23.4. The number of hydrogen-bond donors (Lipinski definition) is 2. The first-order valence-electron chi connectivity index (χ1n) is 20.2. The van der Waals surface area contributed by atoms with Crippen molar-refractivity contribution in [2.24, 2.45) is 0 Å². The van der Waals surface area contributed by atoms with Gasteiger partial charge < -0.3 is 20.1 Å². The molecule has 0 saturated heterocycles. The van der Waals surface area contributed by atoms with Crippen molar-refractivity contribution in [1.82, 2.24) is 0 Å². The van der Waals surface area contributed by atoms with Crippen molar-refractivity contribution >= 4 is 5.97 Å². The maximum absolute atomic E-state index is 10.4. The van der Waals surface area contributed by atoms with Crippen molar-refractivity contribution in [2.75, 3.05) is 33.0 Å². The summed E-state index contributed by atoms with van der Waals surface area (Å²) in [6, 6.07) is 0. The summed E-state index contributed by atoms with van der Waals surface area (Å²) in [5.41, 5.74) is 0. The summed E-state index contributed by atoms with van der Waals surface area (Å²) in [4.78, 5) is 10.4. The van der Waals surface area contributed by atoms with Crippen LogP contribution in [0.4, 0.5) is 0 Å². The molecule has 0 aromatic heterocycles. The van der Waals surface area contributed by atoms with Crippen LogP contribution in [0.15, 0.2) is 0 Å². The van der Waals surface area contributed by atoms with Crippen LogP contribution in [-0.4, -0.2) is 55.0 Å². The van der Waals surface area contributed by atoms with Gasteiger partial charge in [0.15, 0.2) is 0 Å². The fourth-order valence-electron chi connectivity index (χ4n) is 5.00. The van der Waals surface area contributed by atoms with Gasteiger partial charge in [-0.2, -0.15) is 0 Å². The average molecular weight is 729 g/mol. The first-order chi connectivity index (χ1) is 23.1. The summed E-state index contributed by atoms with van der Waals surface area (Å²) in [5.74, 6) is -4.46. The standard InChI is InChI=1S/C18H36O4.5C4H9O.Ti/c1-2-3-4-5-6-7-8-9-10-11-12-13-14-15-16-18(21,22)17(19)20;5*1-2-3-4-5;/h21-22H,2-16H2,1H3,(H,19,20);5*2-4H2,1H3;/q;5*-1;+6/p-1. The number of unbranched alkanes of at least 4 members (excludes halogenated alkanes) is 18. The van der Waals surface area contributed by atoms with E-state index in [1.807, 2.05) is 0 Å². The molecule has 48 heavy (non-hydrogen) atoms. The Balaban J connectivity index is 0. The van der Waals surface area contributed by atoms with Crippen LogP contribution in [0.2, 0.25) is 0 Å². The third kappa shape index (κ3) is 27.6. The van der Waals surface area contributed by atoms with Crippen molar-refractivity contribution in [3.05, 3.63) is 0 Å². The van der Waals surface area contributed by atoms with E-state index in [-0.39, 0.29) is 6.42 Å². The van der Waals surface area contributed by atoms with Crippen LogP contribution in [0.1, 0.15) is 202 Å². The molecule has 2 N–H and O–H groups in total. The number of carbonyl (C=O) groups is 1. The van der Waals surface area contributed by atoms with Crippen molar-refractivity contribution in [2.45, 2.75) is 208 Å². The molecule has 0 unspecified atom stereocenters. The number of carboxylic acids is 1. The van der Waals surface area contributed by atoms with Crippen LogP contribution in [0, 0.1) is 0 Å². The number of carbonyl (C=O) groups excluding carboxylic acids is 1. The average Bonchev–Trinajstić information content (AvgIpc) is 3.06. The zero-order chi connectivity index (χ0) is 36.3. The molecule has 290 valence electrons. The summed E-state index contributed by atoms with van der Waals surface area (Å²) < 4.78 is 31.7. The normalized spacial score (nSPS) is 12.3. The van der Waals surface area contributed by atoms with Gasteiger partial charge in [0.2, 0.25) is 5.79 Å². The predicted octanol–water partition coefficient (Wildman–Crippen LogP) is 9.62. The topological polar surface area (TPSA) is 127 Å². The number of hydrogen-bond acceptors (Lipinski definition) is 9. The number of rotatable bonds is 36. The molecule has 0 spiro atoms. The van der Waals surface area contributed by atoms with Gasteiger partial charge in [0.25, 0.3) is 0 Å². The Morgan fingerprint density at radius 3 is 0.896 bits per heavy atom. The van der Waals surface area contributed by atoms with Crippen molar-refractivity contribution in [1.29, 1.82) is 0 Å². The molecule has 0 aromatic rings. The second kappa shape index (κ2) is 34.0. The molecule has 0 amide bonds. The molecular formula is C38H80O9Ti. The Kier molecular flexibility index (Phi) is 35.4. The number of carboxylic acid groups (broad SMARTS) is 1. The number of aliphatic hydroxyl groups is 2. The van der Waals surface area contributed by atoms with E-state index >= 15 is 0 Å². The van der Waals surface area contributed by atoms with E-state index in [0.29, 0.717) is 39.5 Å². The molecule has 10 heteroatoms. The summed E-state index contributed by atoms with van der Waals surface area (Å²) in [7, 11) is 0. The van der Waals surface area contributed by atoms with Crippen LogP contribution < -0.4 is 5.11 Å². The second-order valence-corrected chi connectivity index (χ2v) is 18.2. The fraction of sp³-hybridized carbons (Fsp3) is 0.974. The quantitative estimate of drug-likeness (QED) is 0.0368. The molecule has 0 bridgehead atoms. The van der Waals surface area contributed by atoms with Gasteiger partial charge in [-0.1, -0.05) is 90.4 Å². The Labute approximate surface area is 299 Å². The Morgan fingerprint density at radius 1 is 0.438 bits per heavy atom. The monoisotopic (exact) mass is 729 g/mol.